The van der Waals surface area contributed by atoms with E-state index in [9.17, 15) is 22.8 Å². The van der Waals surface area contributed by atoms with E-state index < -0.39 is 35.9 Å². The third-order valence-corrected chi connectivity index (χ3v) is 8.52. The van der Waals surface area contributed by atoms with Gasteiger partial charge in [0.15, 0.2) is 6.10 Å². The van der Waals surface area contributed by atoms with Gasteiger partial charge in [0.1, 0.15) is 12.3 Å². The summed E-state index contributed by atoms with van der Waals surface area (Å²) in [5.41, 5.74) is 0.338. The maximum absolute atomic E-state index is 13.0. The molecular formula is C25H20Cl3F3N4O3S. The zero-order chi connectivity index (χ0) is 27.9. The zero-order valence-corrected chi connectivity index (χ0v) is 23.1. The Labute approximate surface area is 239 Å². The standard InChI is InChI=1S/C25H20Cl3F3N4O3S/c26-15-7-16(27)23(17(28)8-15)20-9-18(33-38-20)19-12-39-24(32-19)13-3-5-34(6-4-13)22(37)11-35-10-14(25(29,30)31)1-2-21(35)36/h1-2,7-8,10,12-13,20H,3-6,9,11H2. The minimum Gasteiger partial charge on any atom is -0.387 e. The highest BCUT2D eigenvalue weighted by Gasteiger charge is 2.33. The van der Waals surface area contributed by atoms with Gasteiger partial charge in [0, 0.05) is 53.7 Å². The fraction of sp³-hybridized carbons (Fsp3) is 0.360. The van der Waals surface area contributed by atoms with Crippen LogP contribution in [0.25, 0.3) is 0 Å². The van der Waals surface area contributed by atoms with Crippen LogP contribution in [0.1, 0.15) is 53.1 Å². The quantitative estimate of drug-likeness (QED) is 0.324. The average Bonchev–Trinajstić information content (AvgIpc) is 3.54. The van der Waals surface area contributed by atoms with Crippen LogP contribution in [0.3, 0.4) is 0 Å². The molecule has 1 saturated heterocycles. The van der Waals surface area contributed by atoms with E-state index in [0.29, 0.717) is 76.7 Å². The van der Waals surface area contributed by atoms with Crippen LogP contribution in [0.5, 0.6) is 0 Å². The smallest absolute Gasteiger partial charge is 0.387 e. The van der Waals surface area contributed by atoms with Gasteiger partial charge in [0.2, 0.25) is 5.91 Å². The number of hydrogen-bond donors (Lipinski definition) is 0. The van der Waals surface area contributed by atoms with E-state index in [4.69, 9.17) is 44.6 Å². The molecule has 39 heavy (non-hydrogen) atoms. The van der Waals surface area contributed by atoms with Crippen molar-refractivity contribution in [2.75, 3.05) is 13.1 Å². The molecule has 2 aromatic heterocycles. The molecule has 2 aliphatic rings. The predicted molar refractivity (Wildman–Crippen MR) is 143 cm³/mol. The van der Waals surface area contributed by atoms with E-state index >= 15 is 0 Å². The number of benzene rings is 1. The number of amides is 1. The van der Waals surface area contributed by atoms with Crippen LogP contribution < -0.4 is 5.56 Å². The number of carbonyl (C=O) groups excluding carboxylic acids is 1. The Kier molecular flexibility index (Phi) is 7.96. The summed E-state index contributed by atoms with van der Waals surface area (Å²) in [7, 11) is 0. The lowest BCUT2D eigenvalue weighted by molar-refractivity contribution is -0.139. The van der Waals surface area contributed by atoms with Gasteiger partial charge < -0.3 is 14.3 Å². The van der Waals surface area contributed by atoms with Gasteiger partial charge in [-0.2, -0.15) is 13.2 Å². The molecule has 0 spiro atoms. The van der Waals surface area contributed by atoms with Crippen LogP contribution in [0.4, 0.5) is 13.2 Å². The van der Waals surface area contributed by atoms with Crippen molar-refractivity contribution < 1.29 is 22.8 Å². The molecule has 0 saturated carbocycles. The number of alkyl halides is 3. The zero-order valence-electron chi connectivity index (χ0n) is 20.1. The molecule has 5 rings (SSSR count). The monoisotopic (exact) mass is 618 g/mol. The van der Waals surface area contributed by atoms with E-state index in [-0.39, 0.29) is 5.92 Å². The fourth-order valence-electron chi connectivity index (χ4n) is 4.60. The molecule has 14 heteroatoms. The molecule has 1 amide bonds. The number of likely N-dealkylation sites (tertiary alicyclic amines) is 1. The summed E-state index contributed by atoms with van der Waals surface area (Å²) in [6, 6.07) is 4.73. The Balaban J connectivity index is 1.18. The number of thiazole rings is 1. The molecule has 7 nitrogen and oxygen atoms in total. The molecule has 1 fully saturated rings. The maximum Gasteiger partial charge on any atom is 0.417 e. The lowest BCUT2D eigenvalue weighted by atomic mass is 9.97. The minimum absolute atomic E-state index is 0.114. The SMILES string of the molecule is O=C(Cn1cc(C(F)(F)F)ccc1=O)N1CCC(c2nc(C3=NOC(c4c(Cl)cc(Cl)cc4Cl)C3)cs2)CC1. The number of pyridine rings is 1. The summed E-state index contributed by atoms with van der Waals surface area (Å²) < 4.78 is 39.8. The maximum atomic E-state index is 13.0. The lowest BCUT2D eigenvalue weighted by Gasteiger charge is -2.31. The lowest BCUT2D eigenvalue weighted by Crippen LogP contribution is -2.41. The van der Waals surface area contributed by atoms with Crippen molar-refractivity contribution >= 4 is 57.8 Å². The Morgan fingerprint density at radius 3 is 2.49 bits per heavy atom. The number of aromatic nitrogens is 2. The number of carbonyl (C=O) groups is 1. The van der Waals surface area contributed by atoms with Crippen LogP contribution in [0.15, 0.2) is 45.8 Å². The topological polar surface area (TPSA) is 76.8 Å². The van der Waals surface area contributed by atoms with Gasteiger partial charge in [-0.1, -0.05) is 40.0 Å². The molecule has 2 aliphatic heterocycles. The van der Waals surface area contributed by atoms with Crippen LogP contribution in [0.2, 0.25) is 15.1 Å². The highest BCUT2D eigenvalue weighted by molar-refractivity contribution is 7.10. The summed E-state index contributed by atoms with van der Waals surface area (Å²) >= 11 is 20.1. The van der Waals surface area contributed by atoms with Crippen LogP contribution in [0, 0.1) is 0 Å². The first-order valence-electron chi connectivity index (χ1n) is 11.9. The number of rotatable bonds is 5. The van der Waals surface area contributed by atoms with E-state index in [1.165, 1.54) is 11.3 Å². The third kappa shape index (κ3) is 6.11. The van der Waals surface area contributed by atoms with Gasteiger partial charge in [-0.25, -0.2) is 4.98 Å². The molecule has 0 aliphatic carbocycles. The van der Waals surface area contributed by atoms with Gasteiger partial charge in [0.25, 0.3) is 5.56 Å². The van der Waals surface area contributed by atoms with Gasteiger partial charge >= 0.3 is 6.18 Å². The van der Waals surface area contributed by atoms with Crippen molar-refractivity contribution in [3.8, 4) is 0 Å². The van der Waals surface area contributed by atoms with Crippen molar-refractivity contribution in [2.45, 2.75) is 44.0 Å². The number of piperidine rings is 1. The number of oxime groups is 1. The molecule has 1 aromatic carbocycles. The molecule has 1 atom stereocenters. The highest BCUT2D eigenvalue weighted by atomic mass is 35.5. The second kappa shape index (κ2) is 11.1. The highest BCUT2D eigenvalue weighted by Crippen LogP contribution is 2.40. The van der Waals surface area contributed by atoms with Gasteiger partial charge in [-0.05, 0) is 31.0 Å². The van der Waals surface area contributed by atoms with Gasteiger partial charge in [-0.15, -0.1) is 11.3 Å². The number of hydrogen-bond acceptors (Lipinski definition) is 6. The van der Waals surface area contributed by atoms with Gasteiger partial charge in [-0.3, -0.25) is 9.59 Å². The summed E-state index contributed by atoms with van der Waals surface area (Å²) in [4.78, 5) is 36.6. The van der Waals surface area contributed by atoms with Crippen LogP contribution in [-0.4, -0.2) is 39.2 Å². The summed E-state index contributed by atoms with van der Waals surface area (Å²) in [5.74, 6) is -0.291. The summed E-state index contributed by atoms with van der Waals surface area (Å²) in [6.07, 6.45) is -2.67. The normalized spacial score (nSPS) is 18.3. The van der Waals surface area contributed by atoms with E-state index in [1.54, 1.807) is 17.0 Å². The first-order valence-corrected chi connectivity index (χ1v) is 13.9. The van der Waals surface area contributed by atoms with Crippen molar-refractivity contribution in [3.05, 3.63) is 83.1 Å². The van der Waals surface area contributed by atoms with Crippen molar-refractivity contribution in [2.24, 2.45) is 5.16 Å². The van der Waals surface area contributed by atoms with E-state index in [0.717, 1.165) is 15.6 Å². The van der Waals surface area contributed by atoms with Crippen molar-refractivity contribution in [3.63, 3.8) is 0 Å². The molecule has 0 radical (unpaired) electrons. The summed E-state index contributed by atoms with van der Waals surface area (Å²) in [6.45, 7) is 0.370. The van der Waals surface area contributed by atoms with Crippen LogP contribution >= 0.6 is 46.1 Å². The second-order valence-electron chi connectivity index (χ2n) is 9.23. The predicted octanol–water partition coefficient (Wildman–Crippen LogP) is 6.56. The number of halogens is 6. The van der Waals surface area contributed by atoms with Crippen molar-refractivity contribution in [1.82, 2.24) is 14.5 Å². The summed E-state index contributed by atoms with van der Waals surface area (Å²) in [5, 5.41) is 8.21. The second-order valence-corrected chi connectivity index (χ2v) is 11.4. The molecule has 0 bridgehead atoms. The van der Waals surface area contributed by atoms with E-state index in [2.05, 4.69) is 5.16 Å². The fourth-order valence-corrected chi connectivity index (χ4v) is 6.66. The largest absolute Gasteiger partial charge is 0.417 e. The first kappa shape index (κ1) is 27.9. The average molecular weight is 620 g/mol. The number of nitrogens with zero attached hydrogens (tertiary/aromatic N) is 4. The minimum atomic E-state index is -4.60. The molecular weight excluding hydrogens is 600 g/mol. The van der Waals surface area contributed by atoms with Crippen molar-refractivity contribution in [1.29, 1.82) is 0 Å². The molecule has 4 heterocycles. The molecule has 3 aromatic rings. The first-order chi connectivity index (χ1) is 18.5. The Bertz CT molecular complexity index is 1480. The Morgan fingerprint density at radius 2 is 1.82 bits per heavy atom. The van der Waals surface area contributed by atoms with E-state index in [1.807, 2.05) is 5.38 Å². The molecule has 1 unspecified atom stereocenters. The van der Waals surface area contributed by atoms with Crippen LogP contribution in [-0.2, 0) is 22.4 Å². The van der Waals surface area contributed by atoms with Gasteiger partial charge in [0.05, 0.1) is 26.3 Å². The Hall–Kier alpha value is -2.60. The third-order valence-electron chi connectivity index (χ3n) is 6.67. The molecule has 0 N–H and O–H groups in total. The molecule has 206 valence electrons. The Morgan fingerprint density at radius 1 is 1.13 bits per heavy atom.